The lowest BCUT2D eigenvalue weighted by atomic mass is 9.98. The van der Waals surface area contributed by atoms with E-state index in [1.54, 1.807) is 48.5 Å². The molecule has 3 rings (SSSR count). The van der Waals surface area contributed by atoms with Gasteiger partial charge >= 0.3 is 0 Å². The van der Waals surface area contributed by atoms with Gasteiger partial charge in [-0.3, -0.25) is 4.79 Å². The van der Waals surface area contributed by atoms with Gasteiger partial charge in [0.1, 0.15) is 5.82 Å². The van der Waals surface area contributed by atoms with Crippen molar-refractivity contribution in [2.75, 3.05) is 5.75 Å². The highest BCUT2D eigenvalue weighted by atomic mass is 79.9. The Morgan fingerprint density at radius 1 is 1.03 bits per heavy atom. The van der Waals surface area contributed by atoms with Gasteiger partial charge in [-0.25, -0.2) is 12.8 Å². The minimum atomic E-state index is -3.59. The Kier molecular flexibility index (Phi) is 7.05. The Hall–Kier alpha value is -2.51. The molecule has 0 bridgehead atoms. The number of benzene rings is 3. The second-order valence-corrected chi connectivity index (χ2v) is 9.98. The number of nitrogens with one attached hydrogen (secondary N) is 1. The molecule has 3 aromatic carbocycles. The Morgan fingerprint density at radius 2 is 1.70 bits per heavy atom. The third-order valence-electron chi connectivity index (χ3n) is 4.69. The molecule has 7 heteroatoms. The highest BCUT2D eigenvalue weighted by molar-refractivity contribution is 9.10. The highest BCUT2D eigenvalue weighted by Gasteiger charge is 2.22. The molecule has 0 saturated heterocycles. The number of halogens is 2. The van der Waals surface area contributed by atoms with Crippen molar-refractivity contribution in [3.63, 3.8) is 0 Å². The van der Waals surface area contributed by atoms with Gasteiger partial charge in [0.05, 0.1) is 16.7 Å². The SMILES string of the molecule is Cc1ccc(S(=O)(=O)CCC(=O)NC(c2ccccc2)c2ccc(Br)cc2F)cc1. The van der Waals surface area contributed by atoms with Gasteiger partial charge in [0.25, 0.3) is 0 Å². The zero-order valence-electron chi connectivity index (χ0n) is 16.3. The highest BCUT2D eigenvalue weighted by Crippen LogP contribution is 2.27. The average molecular weight is 490 g/mol. The number of amides is 1. The zero-order valence-corrected chi connectivity index (χ0v) is 18.7. The van der Waals surface area contributed by atoms with Crippen LogP contribution in [-0.4, -0.2) is 20.1 Å². The van der Waals surface area contributed by atoms with E-state index in [0.29, 0.717) is 15.6 Å². The van der Waals surface area contributed by atoms with Crippen molar-refractivity contribution in [3.8, 4) is 0 Å². The van der Waals surface area contributed by atoms with Crippen LogP contribution in [0.3, 0.4) is 0 Å². The monoisotopic (exact) mass is 489 g/mol. The molecule has 156 valence electrons. The van der Waals surface area contributed by atoms with E-state index in [2.05, 4.69) is 21.2 Å². The number of carbonyl (C=O) groups is 1. The first-order chi connectivity index (χ1) is 14.3. The van der Waals surface area contributed by atoms with Gasteiger partial charge in [-0.1, -0.05) is 70.0 Å². The molecule has 0 radical (unpaired) electrons. The van der Waals surface area contributed by atoms with Gasteiger partial charge in [0, 0.05) is 16.5 Å². The van der Waals surface area contributed by atoms with Gasteiger partial charge in [-0.2, -0.15) is 0 Å². The van der Waals surface area contributed by atoms with E-state index < -0.39 is 27.6 Å². The fourth-order valence-electron chi connectivity index (χ4n) is 3.05. The third kappa shape index (κ3) is 5.55. The molecule has 0 aromatic heterocycles. The summed E-state index contributed by atoms with van der Waals surface area (Å²) >= 11 is 3.23. The summed E-state index contributed by atoms with van der Waals surface area (Å²) in [6, 6.07) is 19.4. The molecule has 1 N–H and O–H groups in total. The maximum Gasteiger partial charge on any atom is 0.221 e. The van der Waals surface area contributed by atoms with E-state index in [9.17, 15) is 17.6 Å². The van der Waals surface area contributed by atoms with Crippen molar-refractivity contribution in [1.29, 1.82) is 0 Å². The first-order valence-corrected chi connectivity index (χ1v) is 11.8. The topological polar surface area (TPSA) is 63.2 Å². The molecular formula is C23H21BrFNO3S. The largest absolute Gasteiger partial charge is 0.345 e. The number of hydrogen-bond donors (Lipinski definition) is 1. The third-order valence-corrected chi connectivity index (χ3v) is 6.91. The average Bonchev–Trinajstić information content (AvgIpc) is 2.72. The lowest BCUT2D eigenvalue weighted by Gasteiger charge is -2.20. The summed E-state index contributed by atoms with van der Waals surface area (Å²) in [6.07, 6.45) is -0.225. The van der Waals surface area contributed by atoms with Crippen molar-refractivity contribution < 1.29 is 17.6 Å². The summed E-state index contributed by atoms with van der Waals surface area (Å²) in [4.78, 5) is 12.8. The van der Waals surface area contributed by atoms with Gasteiger partial charge in [-0.05, 0) is 36.8 Å². The van der Waals surface area contributed by atoms with Crippen LogP contribution in [0, 0.1) is 12.7 Å². The Labute approximate surface area is 184 Å². The van der Waals surface area contributed by atoms with Crippen molar-refractivity contribution in [2.24, 2.45) is 0 Å². The van der Waals surface area contributed by atoms with Crippen LogP contribution >= 0.6 is 15.9 Å². The molecule has 0 aliphatic carbocycles. The standard InChI is InChI=1S/C23H21BrFNO3S/c1-16-7-10-19(11-8-16)30(28,29)14-13-22(27)26-23(17-5-3-2-4-6-17)20-12-9-18(24)15-21(20)25/h2-12,15,23H,13-14H2,1H3,(H,26,27). The van der Waals surface area contributed by atoms with Gasteiger partial charge in [0.2, 0.25) is 5.91 Å². The van der Waals surface area contributed by atoms with Crippen LogP contribution < -0.4 is 5.32 Å². The maximum absolute atomic E-state index is 14.6. The Bertz CT molecular complexity index is 1130. The summed E-state index contributed by atoms with van der Waals surface area (Å²) in [7, 11) is -3.59. The molecule has 3 aromatic rings. The molecule has 1 atom stereocenters. The van der Waals surface area contributed by atoms with E-state index in [0.717, 1.165) is 5.56 Å². The van der Waals surface area contributed by atoms with Crippen LogP contribution in [0.5, 0.6) is 0 Å². The van der Waals surface area contributed by atoms with Crippen LogP contribution in [0.4, 0.5) is 4.39 Å². The van der Waals surface area contributed by atoms with E-state index in [-0.39, 0.29) is 17.1 Å². The minimum Gasteiger partial charge on any atom is -0.345 e. The second-order valence-electron chi connectivity index (χ2n) is 6.96. The molecule has 30 heavy (non-hydrogen) atoms. The summed E-state index contributed by atoms with van der Waals surface area (Å²) in [5.41, 5.74) is 1.96. The predicted octanol–water partition coefficient (Wildman–Crippen LogP) is 4.97. The molecule has 0 aliphatic heterocycles. The first-order valence-electron chi connectivity index (χ1n) is 9.35. The van der Waals surface area contributed by atoms with Crippen LogP contribution in [0.15, 0.2) is 82.2 Å². The molecule has 0 spiro atoms. The Morgan fingerprint density at radius 3 is 2.33 bits per heavy atom. The molecule has 0 aliphatic rings. The zero-order chi connectivity index (χ0) is 21.7. The van der Waals surface area contributed by atoms with E-state index in [4.69, 9.17) is 0 Å². The maximum atomic E-state index is 14.6. The van der Waals surface area contributed by atoms with Crippen molar-refractivity contribution in [1.82, 2.24) is 5.32 Å². The van der Waals surface area contributed by atoms with Crippen LogP contribution in [0.2, 0.25) is 0 Å². The number of aryl methyl sites for hydroxylation is 1. The summed E-state index contributed by atoms with van der Waals surface area (Å²) in [5.74, 6) is -1.26. The minimum absolute atomic E-state index is 0.180. The summed E-state index contributed by atoms with van der Waals surface area (Å²) in [5, 5.41) is 2.78. The summed E-state index contributed by atoms with van der Waals surface area (Å²) < 4.78 is 40.2. The number of sulfone groups is 1. The molecule has 0 heterocycles. The lowest BCUT2D eigenvalue weighted by Crippen LogP contribution is -2.31. The second kappa shape index (κ2) is 9.53. The van der Waals surface area contributed by atoms with E-state index >= 15 is 0 Å². The normalized spacial score (nSPS) is 12.4. The number of carbonyl (C=O) groups excluding carboxylic acids is 1. The fraction of sp³-hybridized carbons (Fsp3) is 0.174. The number of rotatable bonds is 7. The van der Waals surface area contributed by atoms with E-state index in [1.165, 1.54) is 18.2 Å². The molecular weight excluding hydrogens is 469 g/mol. The van der Waals surface area contributed by atoms with Crippen molar-refractivity contribution >= 4 is 31.7 Å². The van der Waals surface area contributed by atoms with E-state index in [1.807, 2.05) is 13.0 Å². The lowest BCUT2D eigenvalue weighted by molar-refractivity contribution is -0.121. The van der Waals surface area contributed by atoms with Crippen LogP contribution in [-0.2, 0) is 14.6 Å². The first kappa shape index (κ1) is 22.2. The summed E-state index contributed by atoms with van der Waals surface area (Å²) in [6.45, 7) is 1.87. The number of hydrogen-bond acceptors (Lipinski definition) is 3. The van der Waals surface area contributed by atoms with Gasteiger partial charge in [0.15, 0.2) is 9.84 Å². The predicted molar refractivity (Wildman–Crippen MR) is 118 cm³/mol. The van der Waals surface area contributed by atoms with Crippen molar-refractivity contribution in [2.45, 2.75) is 24.3 Å². The fourth-order valence-corrected chi connectivity index (χ4v) is 4.62. The molecule has 4 nitrogen and oxygen atoms in total. The van der Waals surface area contributed by atoms with Gasteiger partial charge in [-0.15, -0.1) is 0 Å². The van der Waals surface area contributed by atoms with Crippen LogP contribution in [0.25, 0.3) is 0 Å². The van der Waals surface area contributed by atoms with Crippen LogP contribution in [0.1, 0.15) is 29.2 Å². The smallest absolute Gasteiger partial charge is 0.221 e. The quantitative estimate of drug-likeness (QED) is 0.509. The molecule has 0 saturated carbocycles. The molecule has 1 unspecified atom stereocenters. The molecule has 1 amide bonds. The molecule has 0 fully saturated rings. The Balaban J connectivity index is 1.77. The van der Waals surface area contributed by atoms with Gasteiger partial charge < -0.3 is 5.32 Å². The van der Waals surface area contributed by atoms with Crippen molar-refractivity contribution in [3.05, 3.63) is 99.8 Å².